The lowest BCUT2D eigenvalue weighted by Crippen LogP contribution is -2.30. The van der Waals surface area contributed by atoms with E-state index in [2.05, 4.69) is 21.5 Å². The number of nitrogens with one attached hydrogen (secondary N) is 1. The number of anilines is 1. The standard InChI is InChI=1S/C22H20N4O2S/c1-13-8-9-16(14(2)10-13)19-12-29-22(23-19)24-20(27)11-26-21(28)18-7-5-4-6-17(18)15(3)25-26/h4-10,12H,11H2,1-3H3,(H,23,24,27). The molecule has 7 heteroatoms. The van der Waals surface area contributed by atoms with Crippen LogP contribution < -0.4 is 10.9 Å². The Hall–Kier alpha value is -3.32. The molecule has 0 atom stereocenters. The lowest BCUT2D eigenvalue weighted by molar-refractivity contribution is -0.117. The number of nitrogens with zero attached hydrogens (tertiary/aromatic N) is 3. The van der Waals surface area contributed by atoms with Gasteiger partial charge in [0.25, 0.3) is 5.56 Å². The minimum Gasteiger partial charge on any atom is -0.300 e. The molecule has 0 saturated carbocycles. The summed E-state index contributed by atoms with van der Waals surface area (Å²) in [7, 11) is 0. The molecule has 0 aliphatic carbocycles. The van der Waals surface area contributed by atoms with Gasteiger partial charge in [-0.3, -0.25) is 9.59 Å². The number of aromatic nitrogens is 3. The molecule has 0 spiro atoms. The van der Waals surface area contributed by atoms with Gasteiger partial charge < -0.3 is 5.32 Å². The van der Waals surface area contributed by atoms with Crippen LogP contribution in [0.3, 0.4) is 0 Å². The Morgan fingerprint density at radius 1 is 1.10 bits per heavy atom. The van der Waals surface area contributed by atoms with E-state index in [1.165, 1.54) is 21.6 Å². The smallest absolute Gasteiger partial charge is 0.275 e. The Kier molecular flexibility index (Phi) is 4.98. The van der Waals surface area contributed by atoms with Crippen LogP contribution in [0.5, 0.6) is 0 Å². The molecule has 4 aromatic rings. The quantitative estimate of drug-likeness (QED) is 0.556. The van der Waals surface area contributed by atoms with Crippen molar-refractivity contribution >= 4 is 33.1 Å². The molecule has 29 heavy (non-hydrogen) atoms. The number of benzene rings is 2. The molecule has 0 bridgehead atoms. The largest absolute Gasteiger partial charge is 0.300 e. The normalized spacial score (nSPS) is 11.0. The molecule has 2 aromatic carbocycles. The van der Waals surface area contributed by atoms with Crippen LogP contribution in [0.15, 0.2) is 52.6 Å². The third-order valence-corrected chi connectivity index (χ3v) is 5.51. The van der Waals surface area contributed by atoms with Crippen molar-refractivity contribution in [2.45, 2.75) is 27.3 Å². The minimum atomic E-state index is -0.337. The van der Waals surface area contributed by atoms with Crippen LogP contribution in [0.2, 0.25) is 0 Å². The molecule has 2 aromatic heterocycles. The lowest BCUT2D eigenvalue weighted by atomic mass is 10.0. The zero-order valence-electron chi connectivity index (χ0n) is 16.4. The molecule has 0 unspecified atom stereocenters. The predicted molar refractivity (Wildman–Crippen MR) is 116 cm³/mol. The van der Waals surface area contributed by atoms with E-state index >= 15 is 0 Å². The fraction of sp³-hybridized carbons (Fsp3) is 0.182. The van der Waals surface area contributed by atoms with Gasteiger partial charge in [-0.2, -0.15) is 5.10 Å². The second-order valence-electron chi connectivity index (χ2n) is 7.00. The number of thiazole rings is 1. The summed E-state index contributed by atoms with van der Waals surface area (Å²) in [4.78, 5) is 29.6. The van der Waals surface area contributed by atoms with Crippen molar-refractivity contribution in [3.05, 3.63) is 75.0 Å². The molecule has 0 saturated heterocycles. The number of hydrogen-bond acceptors (Lipinski definition) is 5. The highest BCUT2D eigenvalue weighted by Gasteiger charge is 2.13. The highest BCUT2D eigenvalue weighted by atomic mass is 32.1. The lowest BCUT2D eigenvalue weighted by Gasteiger charge is -2.08. The van der Waals surface area contributed by atoms with Crippen molar-refractivity contribution in [3.8, 4) is 11.3 Å². The van der Waals surface area contributed by atoms with Gasteiger partial charge in [0.05, 0.1) is 16.8 Å². The SMILES string of the molecule is Cc1ccc(-c2csc(NC(=O)Cn3nc(C)c4ccccc4c3=O)n2)c(C)c1. The van der Waals surface area contributed by atoms with E-state index in [1.807, 2.05) is 50.4 Å². The summed E-state index contributed by atoms with van der Waals surface area (Å²) in [6.07, 6.45) is 0. The predicted octanol–water partition coefficient (Wildman–Crippen LogP) is 4.08. The first-order valence-corrected chi connectivity index (χ1v) is 10.1. The van der Waals surface area contributed by atoms with E-state index in [4.69, 9.17) is 0 Å². The average molecular weight is 404 g/mol. The zero-order valence-corrected chi connectivity index (χ0v) is 17.2. The highest BCUT2D eigenvalue weighted by Crippen LogP contribution is 2.28. The van der Waals surface area contributed by atoms with Crippen LogP contribution in [0, 0.1) is 20.8 Å². The summed E-state index contributed by atoms with van der Waals surface area (Å²) in [5.74, 6) is -0.337. The summed E-state index contributed by atoms with van der Waals surface area (Å²) >= 11 is 1.36. The van der Waals surface area contributed by atoms with E-state index in [0.29, 0.717) is 16.2 Å². The van der Waals surface area contributed by atoms with Crippen LogP contribution in [0.4, 0.5) is 5.13 Å². The molecule has 146 valence electrons. The number of amides is 1. The monoisotopic (exact) mass is 404 g/mol. The van der Waals surface area contributed by atoms with E-state index < -0.39 is 0 Å². The van der Waals surface area contributed by atoms with E-state index in [9.17, 15) is 9.59 Å². The van der Waals surface area contributed by atoms with Crippen LogP contribution in [-0.4, -0.2) is 20.7 Å². The van der Waals surface area contributed by atoms with Gasteiger partial charge >= 0.3 is 0 Å². The average Bonchev–Trinajstić information content (AvgIpc) is 3.14. The second-order valence-corrected chi connectivity index (χ2v) is 7.86. The van der Waals surface area contributed by atoms with E-state index in [-0.39, 0.29) is 18.0 Å². The Balaban J connectivity index is 1.54. The van der Waals surface area contributed by atoms with Gasteiger partial charge in [0, 0.05) is 16.3 Å². The molecule has 4 rings (SSSR count). The van der Waals surface area contributed by atoms with Gasteiger partial charge in [0.15, 0.2) is 5.13 Å². The van der Waals surface area contributed by atoms with Crippen LogP contribution in [0.1, 0.15) is 16.8 Å². The summed E-state index contributed by atoms with van der Waals surface area (Å²) in [5.41, 5.74) is 4.61. The fourth-order valence-corrected chi connectivity index (χ4v) is 4.09. The highest BCUT2D eigenvalue weighted by molar-refractivity contribution is 7.14. The molecule has 6 nitrogen and oxygen atoms in total. The van der Waals surface area contributed by atoms with Crippen LogP contribution in [0.25, 0.3) is 22.0 Å². The summed E-state index contributed by atoms with van der Waals surface area (Å²) in [6, 6.07) is 13.5. The maximum Gasteiger partial charge on any atom is 0.275 e. The third-order valence-electron chi connectivity index (χ3n) is 4.75. The van der Waals surface area contributed by atoms with E-state index in [1.54, 1.807) is 12.1 Å². The topological polar surface area (TPSA) is 76.9 Å². The number of rotatable bonds is 4. The number of fused-ring (bicyclic) bond motifs is 1. The van der Waals surface area contributed by atoms with Crippen molar-refractivity contribution in [3.63, 3.8) is 0 Å². The molecule has 1 amide bonds. The first-order chi connectivity index (χ1) is 13.9. The first-order valence-electron chi connectivity index (χ1n) is 9.22. The van der Waals surface area contributed by atoms with Gasteiger partial charge in [0.2, 0.25) is 5.91 Å². The second kappa shape index (κ2) is 7.60. The number of carbonyl (C=O) groups excluding carboxylic acids is 1. The maximum absolute atomic E-state index is 12.6. The number of carbonyl (C=O) groups is 1. The van der Waals surface area contributed by atoms with Gasteiger partial charge in [-0.15, -0.1) is 11.3 Å². The Labute approximate surface area is 171 Å². The molecular formula is C22H20N4O2S. The summed E-state index contributed by atoms with van der Waals surface area (Å²) in [5, 5.41) is 10.8. The molecule has 2 heterocycles. The summed E-state index contributed by atoms with van der Waals surface area (Å²) in [6.45, 7) is 5.75. The van der Waals surface area contributed by atoms with Crippen molar-refractivity contribution in [2.75, 3.05) is 5.32 Å². The van der Waals surface area contributed by atoms with Gasteiger partial charge in [0.1, 0.15) is 6.54 Å². The Morgan fingerprint density at radius 3 is 2.62 bits per heavy atom. The fourth-order valence-electron chi connectivity index (χ4n) is 3.36. The minimum absolute atomic E-state index is 0.164. The van der Waals surface area contributed by atoms with E-state index in [0.717, 1.165) is 22.2 Å². The number of hydrogen-bond donors (Lipinski definition) is 1. The van der Waals surface area contributed by atoms with Crippen LogP contribution >= 0.6 is 11.3 Å². The summed E-state index contributed by atoms with van der Waals surface area (Å²) < 4.78 is 1.20. The molecule has 0 aliphatic heterocycles. The van der Waals surface area contributed by atoms with Crippen molar-refractivity contribution < 1.29 is 4.79 Å². The van der Waals surface area contributed by atoms with Gasteiger partial charge in [-0.25, -0.2) is 9.67 Å². The molecule has 0 fully saturated rings. The number of aryl methyl sites for hydroxylation is 3. The molecule has 1 N–H and O–H groups in total. The zero-order chi connectivity index (χ0) is 20.5. The molecule has 0 radical (unpaired) electrons. The third kappa shape index (κ3) is 3.82. The van der Waals surface area contributed by atoms with Crippen molar-refractivity contribution in [1.82, 2.24) is 14.8 Å². The molecule has 0 aliphatic rings. The maximum atomic E-state index is 12.6. The van der Waals surface area contributed by atoms with Crippen LogP contribution in [-0.2, 0) is 11.3 Å². The first kappa shape index (κ1) is 19.0. The van der Waals surface area contributed by atoms with Gasteiger partial charge in [-0.1, -0.05) is 42.0 Å². The Bertz CT molecular complexity index is 1290. The van der Waals surface area contributed by atoms with Gasteiger partial charge in [-0.05, 0) is 32.4 Å². The molecular weight excluding hydrogens is 384 g/mol. The van der Waals surface area contributed by atoms with Crippen molar-refractivity contribution in [2.24, 2.45) is 0 Å². The Morgan fingerprint density at radius 2 is 1.86 bits per heavy atom. The van der Waals surface area contributed by atoms with Crippen molar-refractivity contribution in [1.29, 1.82) is 0 Å².